The molecule has 0 saturated heterocycles. The molecule has 52 heavy (non-hydrogen) atoms. The van der Waals surface area contributed by atoms with Crippen molar-refractivity contribution in [2.75, 3.05) is 38.8 Å². The molecule has 0 aromatic heterocycles. The molecule has 0 saturated carbocycles. The van der Waals surface area contributed by atoms with Crippen LogP contribution in [0.1, 0.15) is 74.3 Å². The molecule has 1 aliphatic heterocycles. The average molecular weight is 740 g/mol. The number of phosphoric ester groups is 1. The number of nitro groups is 1. The third-order valence-corrected chi connectivity index (χ3v) is 9.48. The van der Waals surface area contributed by atoms with Gasteiger partial charge in [-0.05, 0) is 37.5 Å². The van der Waals surface area contributed by atoms with Gasteiger partial charge in [0.25, 0.3) is 5.69 Å². The first-order valence-electron chi connectivity index (χ1n) is 16.9. The first-order chi connectivity index (χ1) is 24.9. The van der Waals surface area contributed by atoms with Gasteiger partial charge in [0.15, 0.2) is 11.5 Å². The Balaban J connectivity index is 1.36. The van der Waals surface area contributed by atoms with Crippen molar-refractivity contribution >= 4 is 42.4 Å². The molecule has 0 bridgehead atoms. The molecule has 0 fully saturated rings. The molecule has 4 rings (SSSR count). The first kappa shape index (κ1) is 39.8. The van der Waals surface area contributed by atoms with Crippen LogP contribution in [0.25, 0.3) is 11.4 Å². The van der Waals surface area contributed by atoms with Crippen LogP contribution >= 0.6 is 7.82 Å². The minimum Gasteiger partial charge on any atom is -0.493 e. The minimum absolute atomic E-state index is 0.0228. The number of phosphoric acid groups is 1. The fourth-order valence-corrected chi connectivity index (χ4v) is 6.34. The molecule has 3 aromatic carbocycles. The Hall–Kier alpha value is -4.95. The molecule has 1 aliphatic rings. The van der Waals surface area contributed by atoms with Crippen molar-refractivity contribution in [2.24, 2.45) is 5.73 Å². The van der Waals surface area contributed by atoms with Gasteiger partial charge in [-0.1, -0.05) is 55.8 Å². The summed E-state index contributed by atoms with van der Waals surface area (Å²) in [6, 6.07) is 17.8. The number of nitrogens with two attached hydrogens (primary N) is 1. The number of methoxy groups -OCH3 is 1. The van der Waals surface area contributed by atoms with E-state index in [4.69, 9.17) is 19.7 Å². The van der Waals surface area contributed by atoms with Crippen molar-refractivity contribution < 1.29 is 42.5 Å². The fourth-order valence-electron chi connectivity index (χ4n) is 5.74. The maximum Gasteiger partial charge on any atom is 0.472 e. The summed E-state index contributed by atoms with van der Waals surface area (Å²) < 4.78 is 32.3. The summed E-state index contributed by atoms with van der Waals surface area (Å²) in [6.07, 6.45) is 1.21. The van der Waals surface area contributed by atoms with E-state index >= 15 is 0 Å². The van der Waals surface area contributed by atoms with Crippen LogP contribution in [0, 0.1) is 10.1 Å². The van der Waals surface area contributed by atoms with Gasteiger partial charge < -0.3 is 35.6 Å². The van der Waals surface area contributed by atoms with Gasteiger partial charge in [0.05, 0.1) is 60.0 Å². The van der Waals surface area contributed by atoms with E-state index in [9.17, 15) is 29.2 Å². The fraction of sp³-hybridized carbons (Fsp3) is 0.389. The lowest BCUT2D eigenvalue weighted by molar-refractivity contribution is -0.386. The predicted octanol–water partition coefficient (Wildman–Crippen LogP) is 5.81. The van der Waals surface area contributed by atoms with Crippen LogP contribution in [0.2, 0.25) is 0 Å². The molecule has 3 aromatic rings. The van der Waals surface area contributed by atoms with Crippen LogP contribution in [0.4, 0.5) is 11.4 Å². The number of hydrogen-bond acceptors (Lipinski definition) is 11. The molecule has 15 nitrogen and oxygen atoms in total. The SMILES string of the molecule is CCCCN/C1=C(\N)c2ccccc2N(C(=O)CCNC(=O)CCCOc2cc([N+](=O)[O-])c(C(C)OP(=O)(O)OC)cc2OC)Cc2ccccc21. The second kappa shape index (κ2) is 18.5. The van der Waals surface area contributed by atoms with Crippen LogP contribution in [-0.4, -0.2) is 55.5 Å². The van der Waals surface area contributed by atoms with E-state index in [-0.39, 0.29) is 61.3 Å². The van der Waals surface area contributed by atoms with Crippen LogP contribution in [0.3, 0.4) is 0 Å². The van der Waals surface area contributed by atoms with Gasteiger partial charge in [-0.3, -0.25) is 28.8 Å². The highest BCUT2D eigenvalue weighted by Gasteiger charge is 2.30. The zero-order valence-corrected chi connectivity index (χ0v) is 30.6. The number of anilines is 1. The molecular weight excluding hydrogens is 693 g/mol. The molecule has 16 heteroatoms. The molecule has 2 unspecified atom stereocenters. The number of fused-ring (bicyclic) bond motifs is 2. The van der Waals surface area contributed by atoms with Crippen molar-refractivity contribution in [3.8, 4) is 11.5 Å². The Bertz CT molecular complexity index is 1830. The lowest BCUT2D eigenvalue weighted by Gasteiger charge is -2.30. The number of para-hydroxylation sites is 1. The quantitative estimate of drug-likeness (QED) is 0.0528. The average Bonchev–Trinajstić information content (AvgIpc) is 3.13. The Kier molecular flexibility index (Phi) is 14.2. The molecule has 0 radical (unpaired) electrons. The summed E-state index contributed by atoms with van der Waals surface area (Å²) in [5, 5.41) is 18.1. The highest BCUT2D eigenvalue weighted by Crippen LogP contribution is 2.49. The zero-order chi connectivity index (χ0) is 37.8. The molecule has 280 valence electrons. The molecule has 1 heterocycles. The van der Waals surface area contributed by atoms with Gasteiger partial charge in [0.1, 0.15) is 0 Å². The zero-order valence-electron chi connectivity index (χ0n) is 29.8. The van der Waals surface area contributed by atoms with Crippen molar-refractivity contribution in [2.45, 2.75) is 58.6 Å². The Morgan fingerprint density at radius 3 is 2.44 bits per heavy atom. The maximum absolute atomic E-state index is 13.7. The van der Waals surface area contributed by atoms with Gasteiger partial charge in [0.2, 0.25) is 11.8 Å². The standard InChI is InChI=1S/C36H46N5O10P/c1-5-6-18-39-36-26-13-8-7-12-25(26)23-40(29-15-10-9-14-27(29)35(36)37)34(43)17-19-38-33(42)16-11-20-50-32-22-30(41(44)45)28(21-31(32)48-3)24(2)51-52(46,47)49-4/h7-10,12-15,21-22,24,39H,5-6,11,16-20,23,37H2,1-4H3,(H,38,42)(H,46,47)/b36-35-. The van der Waals surface area contributed by atoms with Crippen molar-refractivity contribution in [3.63, 3.8) is 0 Å². The normalized spacial score (nSPS) is 15.6. The summed E-state index contributed by atoms with van der Waals surface area (Å²) in [6.45, 7) is 4.72. The Morgan fingerprint density at radius 1 is 1.04 bits per heavy atom. The lowest BCUT2D eigenvalue weighted by Crippen LogP contribution is -2.36. The van der Waals surface area contributed by atoms with Crippen LogP contribution < -0.4 is 30.7 Å². The number of nitrogens with one attached hydrogen (secondary N) is 2. The summed E-state index contributed by atoms with van der Waals surface area (Å²) in [4.78, 5) is 48.9. The van der Waals surface area contributed by atoms with E-state index in [1.807, 2.05) is 48.5 Å². The molecule has 2 atom stereocenters. The lowest BCUT2D eigenvalue weighted by atomic mass is 9.95. The highest BCUT2D eigenvalue weighted by atomic mass is 31.2. The number of rotatable bonds is 18. The number of hydrogen-bond donors (Lipinski definition) is 4. The van der Waals surface area contributed by atoms with E-state index in [1.165, 1.54) is 20.1 Å². The van der Waals surface area contributed by atoms with E-state index < -0.39 is 24.5 Å². The van der Waals surface area contributed by atoms with Gasteiger partial charge in [-0.15, -0.1) is 0 Å². The van der Waals surface area contributed by atoms with Gasteiger partial charge in [0, 0.05) is 44.2 Å². The highest BCUT2D eigenvalue weighted by molar-refractivity contribution is 7.47. The summed E-state index contributed by atoms with van der Waals surface area (Å²) in [5.41, 5.74) is 11.0. The van der Waals surface area contributed by atoms with E-state index in [1.54, 1.807) is 4.90 Å². The second-order valence-corrected chi connectivity index (χ2v) is 13.5. The number of nitrogens with zero attached hydrogens (tertiary/aromatic N) is 2. The number of carbonyl (C=O) groups excluding carboxylic acids is 2. The number of amides is 2. The largest absolute Gasteiger partial charge is 0.493 e. The van der Waals surface area contributed by atoms with Crippen LogP contribution in [0.15, 0.2) is 60.7 Å². The summed E-state index contributed by atoms with van der Waals surface area (Å²) >= 11 is 0. The molecule has 5 N–H and O–H groups in total. The predicted molar refractivity (Wildman–Crippen MR) is 196 cm³/mol. The number of carbonyl (C=O) groups is 2. The van der Waals surface area contributed by atoms with Crippen molar-refractivity contribution in [1.29, 1.82) is 0 Å². The van der Waals surface area contributed by atoms with Crippen molar-refractivity contribution in [1.82, 2.24) is 10.6 Å². The number of nitro benzene ring substituents is 1. The van der Waals surface area contributed by atoms with Crippen molar-refractivity contribution in [3.05, 3.63) is 93.0 Å². The third-order valence-electron chi connectivity index (χ3n) is 8.44. The Labute approximate surface area is 302 Å². The minimum atomic E-state index is -4.43. The van der Waals surface area contributed by atoms with E-state index in [0.29, 0.717) is 17.9 Å². The monoisotopic (exact) mass is 739 g/mol. The number of ether oxygens (including phenoxy) is 2. The van der Waals surface area contributed by atoms with Crippen LogP contribution in [-0.2, 0) is 29.7 Å². The van der Waals surface area contributed by atoms with E-state index in [2.05, 4.69) is 22.1 Å². The summed E-state index contributed by atoms with van der Waals surface area (Å²) in [5.74, 6) is -0.305. The Morgan fingerprint density at radius 2 is 1.75 bits per heavy atom. The number of benzene rings is 3. The van der Waals surface area contributed by atoms with Gasteiger partial charge >= 0.3 is 7.82 Å². The third kappa shape index (κ3) is 10.1. The topological polar surface area (TPSA) is 205 Å². The number of unbranched alkanes of at least 4 members (excludes halogenated alkanes) is 1. The van der Waals surface area contributed by atoms with E-state index in [0.717, 1.165) is 54.9 Å². The van der Waals surface area contributed by atoms with Gasteiger partial charge in [-0.25, -0.2) is 4.57 Å². The molecular formula is C36H46N5O10P. The van der Waals surface area contributed by atoms with Gasteiger partial charge in [-0.2, -0.15) is 0 Å². The maximum atomic E-state index is 13.7. The molecule has 0 aliphatic carbocycles. The van der Waals surface area contributed by atoms with Crippen LogP contribution in [0.5, 0.6) is 11.5 Å². The molecule has 0 spiro atoms. The second-order valence-electron chi connectivity index (χ2n) is 12.0. The smallest absolute Gasteiger partial charge is 0.472 e. The first-order valence-corrected chi connectivity index (χ1v) is 18.4. The summed E-state index contributed by atoms with van der Waals surface area (Å²) in [7, 11) is -2.12. The molecule has 2 amide bonds.